The molecule has 0 atom stereocenters. The second-order valence-corrected chi connectivity index (χ2v) is 17.8. The summed E-state index contributed by atoms with van der Waals surface area (Å²) >= 11 is 3.78. The highest BCUT2D eigenvalue weighted by Crippen LogP contribution is 2.44. The third-order valence-corrected chi connectivity index (χ3v) is 15.0. The summed E-state index contributed by atoms with van der Waals surface area (Å²) in [4.78, 5) is 0. The molecule has 0 spiro atoms. The van der Waals surface area contributed by atoms with Crippen LogP contribution in [-0.4, -0.2) is 9.13 Å². The number of aromatic nitrogens is 2. The minimum Gasteiger partial charge on any atom is -0.309 e. The van der Waals surface area contributed by atoms with Crippen LogP contribution >= 0.6 is 22.7 Å². The predicted molar refractivity (Wildman–Crippen MR) is 257 cm³/mol. The molecular formula is C55H34N2S2. The molecule has 4 heterocycles. The Kier molecular flexibility index (Phi) is 7.00. The highest BCUT2D eigenvalue weighted by molar-refractivity contribution is 7.26. The molecule has 0 N–H and O–H groups in total. The molecule has 0 radical (unpaired) electrons. The average molecular weight is 787 g/mol. The fraction of sp³-hybridized carbons (Fsp3) is 0.0182. The topological polar surface area (TPSA) is 9.86 Å². The molecule has 0 saturated heterocycles. The number of hydrogen-bond acceptors (Lipinski definition) is 2. The van der Waals surface area contributed by atoms with Gasteiger partial charge in [-0.05, 0) is 95.4 Å². The van der Waals surface area contributed by atoms with E-state index < -0.39 is 0 Å². The Morgan fingerprint density at radius 3 is 1.20 bits per heavy atom. The van der Waals surface area contributed by atoms with Crippen LogP contribution in [-0.2, 0) is 0 Å². The lowest BCUT2D eigenvalue weighted by molar-refractivity contribution is 1.09. The summed E-state index contributed by atoms with van der Waals surface area (Å²) < 4.78 is 10.3. The van der Waals surface area contributed by atoms with Crippen molar-refractivity contribution >= 4 is 107 Å². The van der Waals surface area contributed by atoms with Crippen LogP contribution in [0, 0.1) is 6.92 Å². The van der Waals surface area contributed by atoms with Gasteiger partial charge in [0.25, 0.3) is 0 Å². The summed E-state index contributed by atoms with van der Waals surface area (Å²) in [6.07, 6.45) is 0. The maximum Gasteiger partial charge on any atom is 0.0541 e. The van der Waals surface area contributed by atoms with Crippen LogP contribution in [0.1, 0.15) is 5.56 Å². The Morgan fingerprint density at radius 2 is 0.712 bits per heavy atom. The van der Waals surface area contributed by atoms with Gasteiger partial charge in [0.05, 0.1) is 33.4 Å². The van der Waals surface area contributed by atoms with Crippen molar-refractivity contribution in [3.05, 3.63) is 194 Å². The minimum atomic E-state index is 1.19. The fourth-order valence-corrected chi connectivity index (χ4v) is 12.3. The zero-order chi connectivity index (χ0) is 38.8. The van der Waals surface area contributed by atoms with Crippen LogP contribution in [0.5, 0.6) is 0 Å². The number of fused-ring (bicyclic) bond motifs is 12. The van der Waals surface area contributed by atoms with Crippen molar-refractivity contribution in [3.63, 3.8) is 0 Å². The summed E-state index contributed by atoms with van der Waals surface area (Å²) in [6.45, 7) is 2.29. The molecule has 13 rings (SSSR count). The lowest BCUT2D eigenvalue weighted by Crippen LogP contribution is -2.03. The Bertz CT molecular complexity index is 3620. The summed E-state index contributed by atoms with van der Waals surface area (Å²) in [7, 11) is 0. The quantitative estimate of drug-likeness (QED) is 0.168. The molecular weight excluding hydrogens is 753 g/mol. The Morgan fingerprint density at radius 1 is 0.322 bits per heavy atom. The second kappa shape index (κ2) is 12.5. The van der Waals surface area contributed by atoms with Crippen LogP contribution in [0.4, 0.5) is 0 Å². The Hall–Kier alpha value is -6.98. The van der Waals surface area contributed by atoms with Gasteiger partial charge >= 0.3 is 0 Å². The second-order valence-electron chi connectivity index (χ2n) is 15.7. The van der Waals surface area contributed by atoms with E-state index in [0.717, 1.165) is 0 Å². The molecule has 0 amide bonds. The van der Waals surface area contributed by atoms with Gasteiger partial charge in [0, 0.05) is 61.9 Å². The summed E-state index contributed by atoms with van der Waals surface area (Å²) in [6, 6.07) is 69.8. The molecule has 4 heteroatoms. The van der Waals surface area contributed by atoms with E-state index in [1.54, 1.807) is 0 Å². The van der Waals surface area contributed by atoms with Gasteiger partial charge in [-0.25, -0.2) is 0 Å². The third-order valence-electron chi connectivity index (χ3n) is 12.5. The van der Waals surface area contributed by atoms with Gasteiger partial charge in [-0.1, -0.05) is 127 Å². The predicted octanol–water partition coefficient (Wildman–Crippen LogP) is 16.3. The number of rotatable bonds is 4. The van der Waals surface area contributed by atoms with Crippen molar-refractivity contribution in [2.45, 2.75) is 6.92 Å². The van der Waals surface area contributed by atoms with E-state index in [2.05, 4.69) is 204 Å². The number of thiophene rings is 2. The van der Waals surface area contributed by atoms with Gasteiger partial charge in [-0.3, -0.25) is 0 Å². The SMILES string of the molecule is Cc1c(-n2c3ccccc3c3cc(-c4cccc5c4sc4ccccc45)ccc32)cccc1-n1c2ccccc2c2cc(-c3cccc4c3sc3ccccc34)ccc21. The third kappa shape index (κ3) is 4.73. The van der Waals surface area contributed by atoms with Gasteiger partial charge in [0.2, 0.25) is 0 Å². The molecule has 0 saturated carbocycles. The maximum absolute atomic E-state index is 2.48. The molecule has 13 aromatic rings. The summed E-state index contributed by atoms with van der Waals surface area (Å²) in [5.74, 6) is 0. The van der Waals surface area contributed by atoms with Crippen molar-refractivity contribution in [2.75, 3.05) is 0 Å². The zero-order valence-electron chi connectivity index (χ0n) is 32.1. The van der Waals surface area contributed by atoms with Crippen molar-refractivity contribution in [1.29, 1.82) is 0 Å². The van der Waals surface area contributed by atoms with Crippen molar-refractivity contribution in [2.24, 2.45) is 0 Å². The van der Waals surface area contributed by atoms with E-state index >= 15 is 0 Å². The van der Waals surface area contributed by atoms with Crippen molar-refractivity contribution in [1.82, 2.24) is 9.13 Å². The first kappa shape index (κ1) is 33.0. The van der Waals surface area contributed by atoms with Gasteiger partial charge in [0.1, 0.15) is 0 Å². The smallest absolute Gasteiger partial charge is 0.0541 e. The largest absolute Gasteiger partial charge is 0.309 e. The lowest BCUT2D eigenvalue weighted by Gasteiger charge is -2.17. The van der Waals surface area contributed by atoms with Crippen molar-refractivity contribution < 1.29 is 0 Å². The molecule has 0 fully saturated rings. The first-order chi connectivity index (χ1) is 29.2. The monoisotopic (exact) mass is 786 g/mol. The molecule has 9 aromatic carbocycles. The van der Waals surface area contributed by atoms with Crippen LogP contribution in [0.15, 0.2) is 188 Å². The summed E-state index contributed by atoms with van der Waals surface area (Å²) in [5.41, 5.74) is 13.5. The zero-order valence-corrected chi connectivity index (χ0v) is 33.7. The van der Waals surface area contributed by atoms with Gasteiger partial charge in [-0.15, -0.1) is 22.7 Å². The normalized spacial score (nSPS) is 12.2. The molecule has 0 aliphatic heterocycles. The molecule has 0 unspecified atom stereocenters. The standard InChI is InChI=1S/C55H34N2S2/c1-33-46(56-48-21-6-2-13-38(48)44-31-34(27-29-50(44)56)36-17-10-19-42-40-15-4-8-25-52(40)58-54(36)42)23-12-24-47(33)57-49-22-7-3-14-39(49)45-32-35(28-30-51(45)57)37-18-11-20-43-41-16-5-9-26-53(41)59-55(37)43/h2-32H,1H3. The first-order valence-corrected chi connectivity index (χ1v) is 21.8. The van der Waals surface area contributed by atoms with E-state index in [0.29, 0.717) is 0 Å². The Labute approximate surface area is 348 Å². The highest BCUT2D eigenvalue weighted by atomic mass is 32.1. The molecule has 4 aromatic heterocycles. The molecule has 2 nitrogen and oxygen atoms in total. The Balaban J connectivity index is 0.993. The summed E-state index contributed by atoms with van der Waals surface area (Å²) in [5, 5.41) is 10.4. The number of para-hydroxylation sites is 2. The van der Waals surface area contributed by atoms with E-state index in [1.807, 2.05) is 22.7 Å². The molecule has 0 aliphatic carbocycles. The minimum absolute atomic E-state index is 1.19. The van der Waals surface area contributed by atoms with Crippen LogP contribution in [0.2, 0.25) is 0 Å². The fourth-order valence-electron chi connectivity index (χ4n) is 9.85. The van der Waals surface area contributed by atoms with Crippen LogP contribution < -0.4 is 0 Å². The van der Waals surface area contributed by atoms with Crippen molar-refractivity contribution in [3.8, 4) is 33.6 Å². The maximum atomic E-state index is 2.48. The van der Waals surface area contributed by atoms with E-state index in [9.17, 15) is 0 Å². The van der Waals surface area contributed by atoms with E-state index in [4.69, 9.17) is 0 Å². The molecule has 59 heavy (non-hydrogen) atoms. The number of nitrogens with zero attached hydrogens (tertiary/aromatic N) is 2. The van der Waals surface area contributed by atoms with Crippen LogP contribution in [0.25, 0.3) is 118 Å². The van der Waals surface area contributed by atoms with Gasteiger partial charge in [0.15, 0.2) is 0 Å². The van der Waals surface area contributed by atoms with Gasteiger partial charge < -0.3 is 9.13 Å². The molecule has 276 valence electrons. The first-order valence-electron chi connectivity index (χ1n) is 20.2. The number of benzene rings is 9. The van der Waals surface area contributed by atoms with Crippen LogP contribution in [0.3, 0.4) is 0 Å². The number of hydrogen-bond donors (Lipinski definition) is 0. The lowest BCUT2D eigenvalue weighted by atomic mass is 10.0. The van der Waals surface area contributed by atoms with E-state index in [-0.39, 0.29) is 0 Å². The van der Waals surface area contributed by atoms with E-state index in [1.165, 1.54) is 123 Å². The average Bonchev–Trinajstić information content (AvgIpc) is 4.04. The highest BCUT2D eigenvalue weighted by Gasteiger charge is 2.20. The molecule has 0 aliphatic rings. The molecule has 0 bridgehead atoms. The van der Waals surface area contributed by atoms with Gasteiger partial charge in [-0.2, -0.15) is 0 Å².